The van der Waals surface area contributed by atoms with Crippen molar-refractivity contribution >= 4 is 0 Å². The van der Waals surface area contributed by atoms with Gasteiger partial charge in [-0.05, 0) is 39.7 Å². The molecule has 0 spiro atoms. The van der Waals surface area contributed by atoms with Crippen LogP contribution in [0.3, 0.4) is 0 Å². The molecule has 1 atom stereocenters. The van der Waals surface area contributed by atoms with Crippen LogP contribution in [0.15, 0.2) is 0 Å². The lowest BCUT2D eigenvalue weighted by atomic mass is 9.97. The molecule has 0 saturated carbocycles. The third-order valence-corrected chi connectivity index (χ3v) is 2.47. The van der Waals surface area contributed by atoms with Crippen LogP contribution in [0, 0.1) is 0 Å². The van der Waals surface area contributed by atoms with Gasteiger partial charge in [-0.25, -0.2) is 0 Å². The molecule has 0 aromatic carbocycles. The number of nitrogens with one attached hydrogen (secondary N) is 1. The van der Waals surface area contributed by atoms with E-state index < -0.39 is 0 Å². The first-order valence-corrected chi connectivity index (χ1v) is 5.34. The molecule has 0 fully saturated rings. The molecule has 0 heterocycles. The molecule has 13 heavy (non-hydrogen) atoms. The van der Waals surface area contributed by atoms with E-state index in [0.29, 0.717) is 6.04 Å². The van der Waals surface area contributed by atoms with Gasteiger partial charge in [0.15, 0.2) is 0 Å². The highest BCUT2D eigenvalue weighted by Crippen LogP contribution is 2.16. The van der Waals surface area contributed by atoms with Crippen molar-refractivity contribution < 1.29 is 4.74 Å². The number of ether oxygens (including phenoxy) is 1. The topological polar surface area (TPSA) is 21.3 Å². The molecule has 0 rings (SSSR count). The highest BCUT2D eigenvalue weighted by atomic mass is 16.5. The van der Waals surface area contributed by atoms with Gasteiger partial charge in [-0.3, -0.25) is 0 Å². The van der Waals surface area contributed by atoms with Crippen LogP contribution in [-0.4, -0.2) is 25.3 Å². The van der Waals surface area contributed by atoms with Crippen molar-refractivity contribution in [2.75, 3.05) is 13.7 Å². The zero-order chi connectivity index (χ0) is 10.3. The predicted octanol–water partition coefficient (Wildman–Crippen LogP) is 2.58. The van der Waals surface area contributed by atoms with Gasteiger partial charge in [-0.15, -0.1) is 0 Å². The summed E-state index contributed by atoms with van der Waals surface area (Å²) in [5.41, 5.74) is 0.00141. The summed E-state index contributed by atoms with van der Waals surface area (Å²) in [4.78, 5) is 0. The third-order valence-electron chi connectivity index (χ3n) is 2.47. The van der Waals surface area contributed by atoms with Gasteiger partial charge in [0, 0.05) is 13.2 Å². The fraction of sp³-hybridized carbons (Fsp3) is 1.00. The summed E-state index contributed by atoms with van der Waals surface area (Å²) >= 11 is 0. The Kier molecular flexibility index (Phi) is 6.35. The first-order valence-electron chi connectivity index (χ1n) is 5.34. The van der Waals surface area contributed by atoms with E-state index in [1.807, 2.05) is 0 Å². The fourth-order valence-electron chi connectivity index (χ4n) is 1.39. The first-order chi connectivity index (χ1) is 6.05. The lowest BCUT2D eigenvalue weighted by Gasteiger charge is -2.28. The van der Waals surface area contributed by atoms with E-state index in [4.69, 9.17) is 4.74 Å². The Bertz CT molecular complexity index is 123. The van der Waals surface area contributed by atoms with E-state index in [9.17, 15) is 0 Å². The van der Waals surface area contributed by atoms with Crippen molar-refractivity contribution in [1.82, 2.24) is 5.32 Å². The molecule has 0 aliphatic carbocycles. The Morgan fingerprint density at radius 3 is 2.31 bits per heavy atom. The minimum Gasteiger partial charge on any atom is -0.379 e. The van der Waals surface area contributed by atoms with E-state index in [0.717, 1.165) is 13.0 Å². The van der Waals surface area contributed by atoms with Gasteiger partial charge in [-0.1, -0.05) is 13.8 Å². The van der Waals surface area contributed by atoms with Gasteiger partial charge in [0.05, 0.1) is 5.60 Å². The van der Waals surface area contributed by atoms with Gasteiger partial charge < -0.3 is 10.1 Å². The second kappa shape index (κ2) is 6.39. The molecule has 0 bridgehead atoms. The van der Waals surface area contributed by atoms with Gasteiger partial charge in [0.25, 0.3) is 0 Å². The predicted molar refractivity (Wildman–Crippen MR) is 58.1 cm³/mol. The van der Waals surface area contributed by atoms with Crippen LogP contribution in [-0.2, 0) is 4.74 Å². The normalized spacial score (nSPS) is 14.5. The van der Waals surface area contributed by atoms with Crippen LogP contribution in [0.5, 0.6) is 0 Å². The Hall–Kier alpha value is -0.0800. The molecule has 0 aromatic heterocycles. The first kappa shape index (κ1) is 12.9. The molecular weight excluding hydrogens is 162 g/mol. The molecule has 0 aliphatic heterocycles. The molecule has 0 saturated heterocycles. The number of hydrogen-bond acceptors (Lipinski definition) is 2. The minimum atomic E-state index is 0.00141. The van der Waals surface area contributed by atoms with E-state index in [2.05, 4.69) is 33.0 Å². The molecule has 0 aromatic rings. The van der Waals surface area contributed by atoms with Crippen LogP contribution < -0.4 is 5.32 Å². The molecule has 80 valence electrons. The maximum atomic E-state index is 5.41. The molecule has 0 amide bonds. The molecule has 0 radical (unpaired) electrons. The largest absolute Gasteiger partial charge is 0.379 e. The van der Waals surface area contributed by atoms with Crippen molar-refractivity contribution in [2.45, 2.75) is 58.6 Å². The van der Waals surface area contributed by atoms with Crippen LogP contribution in [0.4, 0.5) is 0 Å². The van der Waals surface area contributed by atoms with Crippen LogP contribution in [0.2, 0.25) is 0 Å². The summed E-state index contributed by atoms with van der Waals surface area (Å²) in [6, 6.07) is 0.592. The average Bonchev–Trinajstić information content (AvgIpc) is 2.12. The second-order valence-corrected chi connectivity index (χ2v) is 4.23. The lowest BCUT2D eigenvalue weighted by Crippen LogP contribution is -2.37. The van der Waals surface area contributed by atoms with E-state index >= 15 is 0 Å². The molecule has 1 unspecified atom stereocenters. The Morgan fingerprint density at radius 2 is 1.92 bits per heavy atom. The Labute approximate surface area is 83.1 Å². The SMILES string of the molecule is CCCNC(CC)CC(C)(C)OC. The maximum absolute atomic E-state index is 5.41. The number of methoxy groups -OCH3 is 1. The van der Waals surface area contributed by atoms with E-state index in [1.54, 1.807) is 7.11 Å². The minimum absolute atomic E-state index is 0.00141. The summed E-state index contributed by atoms with van der Waals surface area (Å²) in [7, 11) is 1.78. The Balaban J connectivity index is 3.82. The summed E-state index contributed by atoms with van der Waals surface area (Å²) in [6.45, 7) is 9.81. The van der Waals surface area contributed by atoms with Gasteiger partial charge in [-0.2, -0.15) is 0 Å². The van der Waals surface area contributed by atoms with Crippen molar-refractivity contribution in [1.29, 1.82) is 0 Å². The Morgan fingerprint density at radius 1 is 1.31 bits per heavy atom. The zero-order valence-electron chi connectivity index (χ0n) is 9.81. The monoisotopic (exact) mass is 187 g/mol. The molecule has 1 N–H and O–H groups in total. The zero-order valence-corrected chi connectivity index (χ0v) is 9.81. The van der Waals surface area contributed by atoms with E-state index in [1.165, 1.54) is 12.8 Å². The van der Waals surface area contributed by atoms with Crippen LogP contribution >= 0.6 is 0 Å². The smallest absolute Gasteiger partial charge is 0.0637 e. The fourth-order valence-corrected chi connectivity index (χ4v) is 1.39. The maximum Gasteiger partial charge on any atom is 0.0637 e. The molecule has 0 aliphatic rings. The van der Waals surface area contributed by atoms with E-state index in [-0.39, 0.29) is 5.60 Å². The molecule has 2 heteroatoms. The van der Waals surface area contributed by atoms with Crippen molar-refractivity contribution in [3.63, 3.8) is 0 Å². The molecular formula is C11H25NO. The summed E-state index contributed by atoms with van der Waals surface area (Å²) < 4.78 is 5.41. The number of hydrogen-bond donors (Lipinski definition) is 1. The van der Waals surface area contributed by atoms with Gasteiger partial charge >= 0.3 is 0 Å². The lowest BCUT2D eigenvalue weighted by molar-refractivity contribution is 0.00680. The summed E-state index contributed by atoms with van der Waals surface area (Å²) in [5, 5.41) is 3.53. The number of rotatable bonds is 7. The average molecular weight is 187 g/mol. The van der Waals surface area contributed by atoms with Crippen LogP contribution in [0.25, 0.3) is 0 Å². The quantitative estimate of drug-likeness (QED) is 0.661. The third kappa shape index (κ3) is 6.05. The highest BCUT2D eigenvalue weighted by molar-refractivity contribution is 4.77. The van der Waals surface area contributed by atoms with Gasteiger partial charge in [0.2, 0.25) is 0 Å². The summed E-state index contributed by atoms with van der Waals surface area (Å²) in [6.07, 6.45) is 3.46. The van der Waals surface area contributed by atoms with Crippen LogP contribution in [0.1, 0.15) is 47.0 Å². The van der Waals surface area contributed by atoms with Gasteiger partial charge in [0.1, 0.15) is 0 Å². The van der Waals surface area contributed by atoms with Crippen molar-refractivity contribution in [3.8, 4) is 0 Å². The van der Waals surface area contributed by atoms with Crippen molar-refractivity contribution in [3.05, 3.63) is 0 Å². The standard InChI is InChI=1S/C11H25NO/c1-6-8-12-10(7-2)9-11(3,4)13-5/h10,12H,6-9H2,1-5H3. The second-order valence-electron chi connectivity index (χ2n) is 4.23. The molecule has 2 nitrogen and oxygen atoms in total. The summed E-state index contributed by atoms with van der Waals surface area (Å²) in [5.74, 6) is 0. The highest BCUT2D eigenvalue weighted by Gasteiger charge is 2.20. The van der Waals surface area contributed by atoms with Crippen molar-refractivity contribution in [2.24, 2.45) is 0 Å².